The van der Waals surface area contributed by atoms with Gasteiger partial charge in [-0.1, -0.05) is 24.3 Å². The highest BCUT2D eigenvalue weighted by molar-refractivity contribution is 5.95. The maximum atomic E-state index is 13.8. The first-order valence-corrected chi connectivity index (χ1v) is 12.7. The molecule has 0 radical (unpaired) electrons. The van der Waals surface area contributed by atoms with Gasteiger partial charge in [-0.3, -0.25) is 19.7 Å². The van der Waals surface area contributed by atoms with E-state index in [1.807, 2.05) is 42.5 Å². The number of piperidine rings is 1. The van der Waals surface area contributed by atoms with Gasteiger partial charge < -0.3 is 15.0 Å². The molecule has 5 rings (SSSR count). The summed E-state index contributed by atoms with van der Waals surface area (Å²) in [6, 6.07) is 16.6. The summed E-state index contributed by atoms with van der Waals surface area (Å²) in [5.41, 5.74) is 3.49. The topological polar surface area (TPSA) is 102 Å². The van der Waals surface area contributed by atoms with Crippen LogP contribution in [0.15, 0.2) is 60.7 Å². The SMILES string of the molecule is O=C(Cc1ccc2c(c1)CCCO2)Nc1ccc(C2CCN(C(=O)c3cc(F)cc([N+](=O)[O-])c3)CC2)cc1. The van der Waals surface area contributed by atoms with E-state index < -0.39 is 22.3 Å². The summed E-state index contributed by atoms with van der Waals surface area (Å²) in [6.45, 7) is 1.68. The number of ether oxygens (including phenoxy) is 1. The van der Waals surface area contributed by atoms with Crippen molar-refractivity contribution in [2.45, 2.75) is 38.0 Å². The van der Waals surface area contributed by atoms with Gasteiger partial charge in [0.25, 0.3) is 11.6 Å². The van der Waals surface area contributed by atoms with Crippen LogP contribution in [-0.2, 0) is 17.6 Å². The van der Waals surface area contributed by atoms with Crippen molar-refractivity contribution >= 4 is 23.2 Å². The van der Waals surface area contributed by atoms with Crippen LogP contribution < -0.4 is 10.1 Å². The fourth-order valence-corrected chi connectivity index (χ4v) is 5.15. The molecule has 0 spiro atoms. The van der Waals surface area contributed by atoms with Gasteiger partial charge in [0, 0.05) is 30.4 Å². The Morgan fingerprint density at radius 1 is 1.05 bits per heavy atom. The minimum atomic E-state index is -0.804. The molecule has 0 unspecified atom stereocenters. The number of amides is 2. The number of nitrogens with zero attached hydrogens (tertiary/aromatic N) is 2. The summed E-state index contributed by atoms with van der Waals surface area (Å²) in [5.74, 6) is -0.149. The van der Waals surface area contributed by atoms with Gasteiger partial charge in [-0.05, 0) is 72.6 Å². The summed E-state index contributed by atoms with van der Waals surface area (Å²) >= 11 is 0. The molecule has 2 aliphatic heterocycles. The van der Waals surface area contributed by atoms with Crippen LogP contribution in [0.4, 0.5) is 15.8 Å². The molecule has 1 fully saturated rings. The predicted octanol–water partition coefficient (Wildman–Crippen LogP) is 5.26. The fourth-order valence-electron chi connectivity index (χ4n) is 5.15. The third-order valence-electron chi connectivity index (χ3n) is 7.13. The number of nitro benzene ring substituents is 1. The Bertz CT molecular complexity index is 1370. The van der Waals surface area contributed by atoms with Crippen LogP contribution in [0, 0.1) is 15.9 Å². The van der Waals surface area contributed by atoms with Crippen LogP contribution in [0.5, 0.6) is 5.75 Å². The van der Waals surface area contributed by atoms with Crippen molar-refractivity contribution in [2.24, 2.45) is 0 Å². The zero-order valence-corrected chi connectivity index (χ0v) is 20.8. The van der Waals surface area contributed by atoms with Crippen molar-refractivity contribution in [3.05, 3.63) is 98.8 Å². The largest absolute Gasteiger partial charge is 0.493 e. The number of nitro groups is 1. The number of hydrogen-bond donors (Lipinski definition) is 1. The number of rotatable bonds is 6. The smallest absolute Gasteiger partial charge is 0.273 e. The van der Waals surface area contributed by atoms with Crippen molar-refractivity contribution < 1.29 is 23.6 Å². The Labute approximate surface area is 219 Å². The molecule has 2 aliphatic rings. The number of nitrogens with one attached hydrogen (secondary N) is 1. The lowest BCUT2D eigenvalue weighted by molar-refractivity contribution is -0.385. The number of fused-ring (bicyclic) bond motifs is 1. The molecule has 3 aromatic rings. The van der Waals surface area contributed by atoms with Gasteiger partial charge in [0.15, 0.2) is 0 Å². The molecule has 196 valence electrons. The summed E-state index contributed by atoms with van der Waals surface area (Å²) in [4.78, 5) is 37.3. The summed E-state index contributed by atoms with van der Waals surface area (Å²) < 4.78 is 19.4. The molecule has 38 heavy (non-hydrogen) atoms. The van der Waals surface area contributed by atoms with Gasteiger partial charge in [0.2, 0.25) is 5.91 Å². The molecule has 0 aromatic heterocycles. The van der Waals surface area contributed by atoms with E-state index in [-0.39, 0.29) is 23.8 Å². The van der Waals surface area contributed by atoms with Gasteiger partial charge >= 0.3 is 0 Å². The van der Waals surface area contributed by atoms with Crippen LogP contribution in [0.25, 0.3) is 0 Å². The lowest BCUT2D eigenvalue weighted by Gasteiger charge is -2.32. The van der Waals surface area contributed by atoms with E-state index in [9.17, 15) is 24.1 Å². The molecule has 0 bridgehead atoms. The zero-order chi connectivity index (χ0) is 26.6. The molecular weight excluding hydrogens is 489 g/mol. The Hall–Kier alpha value is -4.27. The number of likely N-dealkylation sites (tertiary alicyclic amines) is 1. The second-order valence-electron chi connectivity index (χ2n) is 9.76. The number of carbonyl (C=O) groups excluding carboxylic acids is 2. The van der Waals surface area contributed by atoms with Crippen molar-refractivity contribution in [3.8, 4) is 5.75 Å². The van der Waals surface area contributed by atoms with Gasteiger partial charge in [0.1, 0.15) is 11.6 Å². The quantitative estimate of drug-likeness (QED) is 0.355. The monoisotopic (exact) mass is 517 g/mol. The van der Waals surface area contributed by atoms with Gasteiger partial charge in [-0.25, -0.2) is 4.39 Å². The van der Waals surface area contributed by atoms with E-state index in [0.717, 1.165) is 78.6 Å². The van der Waals surface area contributed by atoms with Crippen molar-refractivity contribution in [2.75, 3.05) is 25.0 Å². The van der Waals surface area contributed by atoms with Crippen LogP contribution in [-0.4, -0.2) is 41.3 Å². The van der Waals surface area contributed by atoms with Gasteiger partial charge in [-0.15, -0.1) is 0 Å². The number of non-ortho nitro benzene ring substituents is 1. The fraction of sp³-hybridized carbons (Fsp3) is 0.310. The number of anilines is 1. The van der Waals surface area contributed by atoms with E-state index >= 15 is 0 Å². The number of benzene rings is 3. The molecular formula is C29H28FN3O5. The lowest BCUT2D eigenvalue weighted by atomic mass is 9.89. The third kappa shape index (κ3) is 5.82. The van der Waals surface area contributed by atoms with E-state index in [1.165, 1.54) is 0 Å². The van der Waals surface area contributed by atoms with Crippen molar-refractivity contribution in [3.63, 3.8) is 0 Å². The number of aryl methyl sites for hydroxylation is 1. The normalized spacial score (nSPS) is 15.3. The highest BCUT2D eigenvalue weighted by Crippen LogP contribution is 2.30. The first-order valence-electron chi connectivity index (χ1n) is 12.7. The Morgan fingerprint density at radius 3 is 2.55 bits per heavy atom. The van der Waals surface area contributed by atoms with Crippen LogP contribution >= 0.6 is 0 Å². The second-order valence-corrected chi connectivity index (χ2v) is 9.76. The molecule has 0 aliphatic carbocycles. The number of carbonyl (C=O) groups is 2. The minimum absolute atomic E-state index is 0.0148. The number of hydrogen-bond acceptors (Lipinski definition) is 5. The van der Waals surface area contributed by atoms with Crippen molar-refractivity contribution in [1.82, 2.24) is 4.90 Å². The maximum absolute atomic E-state index is 13.8. The summed E-state index contributed by atoms with van der Waals surface area (Å²) in [7, 11) is 0. The third-order valence-corrected chi connectivity index (χ3v) is 7.13. The highest BCUT2D eigenvalue weighted by Gasteiger charge is 2.26. The maximum Gasteiger partial charge on any atom is 0.273 e. The molecule has 9 heteroatoms. The van der Waals surface area contributed by atoms with E-state index in [0.29, 0.717) is 13.1 Å². The zero-order valence-electron chi connectivity index (χ0n) is 20.8. The molecule has 0 atom stereocenters. The van der Waals surface area contributed by atoms with E-state index in [4.69, 9.17) is 4.74 Å². The predicted molar refractivity (Wildman–Crippen MR) is 140 cm³/mol. The Morgan fingerprint density at radius 2 is 1.82 bits per heavy atom. The molecule has 2 heterocycles. The first kappa shape index (κ1) is 25.4. The molecule has 1 N–H and O–H groups in total. The Balaban J connectivity index is 1.14. The van der Waals surface area contributed by atoms with E-state index in [2.05, 4.69) is 5.32 Å². The van der Waals surface area contributed by atoms with Gasteiger partial charge in [0.05, 0.1) is 24.0 Å². The molecule has 3 aromatic carbocycles. The van der Waals surface area contributed by atoms with Crippen LogP contribution in [0.2, 0.25) is 0 Å². The number of halogens is 1. The Kier molecular flexibility index (Phi) is 7.35. The molecule has 0 saturated carbocycles. The van der Waals surface area contributed by atoms with Crippen molar-refractivity contribution in [1.29, 1.82) is 0 Å². The molecule has 2 amide bonds. The molecule has 8 nitrogen and oxygen atoms in total. The summed E-state index contributed by atoms with van der Waals surface area (Å²) in [5, 5.41) is 14.0. The highest BCUT2D eigenvalue weighted by atomic mass is 19.1. The lowest BCUT2D eigenvalue weighted by Crippen LogP contribution is -2.38. The molecule has 1 saturated heterocycles. The minimum Gasteiger partial charge on any atom is -0.493 e. The summed E-state index contributed by atoms with van der Waals surface area (Å²) in [6.07, 6.45) is 3.68. The van der Waals surface area contributed by atoms with Crippen LogP contribution in [0.3, 0.4) is 0 Å². The average molecular weight is 518 g/mol. The average Bonchev–Trinajstić information content (AvgIpc) is 2.92. The van der Waals surface area contributed by atoms with Crippen LogP contribution in [0.1, 0.15) is 52.2 Å². The van der Waals surface area contributed by atoms with E-state index in [1.54, 1.807) is 4.90 Å². The first-order chi connectivity index (χ1) is 18.4. The standard InChI is InChI=1S/C29H28FN3O5/c30-24-16-23(17-26(18-24)33(36)37)29(35)32-11-9-21(10-12-32)20-4-6-25(7-5-20)31-28(34)15-19-3-8-27-22(14-19)2-1-13-38-27/h3-8,14,16-18,21H,1-2,9-13,15H2,(H,31,34). The van der Waals surface area contributed by atoms with Gasteiger partial charge in [-0.2, -0.15) is 0 Å². The second kappa shape index (κ2) is 11.0.